The minimum absolute atomic E-state index is 0.0937. The fraction of sp³-hybridized carbons (Fsp3) is 0.318. The molecule has 4 rings (SSSR count). The number of amides is 1. The van der Waals surface area contributed by atoms with Crippen molar-refractivity contribution in [2.24, 2.45) is 0 Å². The van der Waals surface area contributed by atoms with Crippen LogP contribution in [0.15, 0.2) is 51.5 Å². The Labute approximate surface area is 183 Å². The van der Waals surface area contributed by atoms with Crippen molar-refractivity contribution >= 4 is 21.8 Å². The van der Waals surface area contributed by atoms with Crippen LogP contribution in [0.2, 0.25) is 0 Å². The van der Waals surface area contributed by atoms with Gasteiger partial charge in [0.2, 0.25) is 11.7 Å². The third kappa shape index (κ3) is 4.05. The van der Waals surface area contributed by atoms with Gasteiger partial charge in [-0.05, 0) is 49.2 Å². The van der Waals surface area contributed by atoms with Crippen LogP contribution in [0.25, 0.3) is 11.4 Å². The molecule has 0 bridgehead atoms. The minimum atomic E-state index is -0.0937. The molecule has 1 fully saturated rings. The van der Waals surface area contributed by atoms with E-state index in [1.54, 1.807) is 32.4 Å². The zero-order valence-corrected chi connectivity index (χ0v) is 18.4. The molecule has 7 nitrogen and oxygen atoms in total. The number of methoxy groups -OCH3 is 2. The van der Waals surface area contributed by atoms with Gasteiger partial charge in [-0.1, -0.05) is 27.2 Å². The Morgan fingerprint density at radius 2 is 1.70 bits per heavy atom. The van der Waals surface area contributed by atoms with Gasteiger partial charge in [-0.3, -0.25) is 4.79 Å². The second-order valence-electron chi connectivity index (χ2n) is 7.07. The van der Waals surface area contributed by atoms with Gasteiger partial charge in [0, 0.05) is 29.0 Å². The molecule has 0 unspecified atom stereocenters. The summed E-state index contributed by atoms with van der Waals surface area (Å²) in [5, 5.41) is 4.12. The maximum absolute atomic E-state index is 13.1. The lowest BCUT2D eigenvalue weighted by atomic mass is 9.96. The molecule has 2 heterocycles. The Morgan fingerprint density at radius 1 is 1.07 bits per heavy atom. The predicted molar refractivity (Wildman–Crippen MR) is 115 cm³/mol. The fourth-order valence-electron chi connectivity index (χ4n) is 3.67. The van der Waals surface area contributed by atoms with Gasteiger partial charge in [-0.2, -0.15) is 4.98 Å². The fourth-order valence-corrected chi connectivity index (χ4v) is 3.93. The molecule has 156 valence electrons. The van der Waals surface area contributed by atoms with E-state index in [0.717, 1.165) is 22.9 Å². The Kier molecular flexibility index (Phi) is 6.03. The molecule has 1 saturated heterocycles. The van der Waals surface area contributed by atoms with Crippen molar-refractivity contribution in [2.75, 3.05) is 27.3 Å². The molecule has 1 amide bonds. The second kappa shape index (κ2) is 8.87. The first-order valence-corrected chi connectivity index (χ1v) is 10.5. The average Bonchev–Trinajstić information content (AvgIpc) is 3.29. The van der Waals surface area contributed by atoms with E-state index in [0.29, 0.717) is 41.9 Å². The summed E-state index contributed by atoms with van der Waals surface area (Å²) >= 11 is 3.43. The lowest BCUT2D eigenvalue weighted by Gasteiger charge is -2.31. The SMILES string of the molecule is COc1cccc(OC)c1C(=O)N1CCC(c2nc(-c3ccc(Br)cc3)no2)CC1. The first-order valence-electron chi connectivity index (χ1n) is 9.70. The zero-order valence-electron chi connectivity index (χ0n) is 16.8. The summed E-state index contributed by atoms with van der Waals surface area (Å²) < 4.78 is 17.3. The van der Waals surface area contributed by atoms with Crippen LogP contribution in [0, 0.1) is 0 Å². The number of hydrogen-bond acceptors (Lipinski definition) is 6. The maximum Gasteiger partial charge on any atom is 0.261 e. The van der Waals surface area contributed by atoms with Gasteiger partial charge in [0.1, 0.15) is 17.1 Å². The van der Waals surface area contributed by atoms with E-state index >= 15 is 0 Å². The number of benzene rings is 2. The first-order chi connectivity index (χ1) is 14.6. The Morgan fingerprint density at radius 3 is 2.30 bits per heavy atom. The number of nitrogens with zero attached hydrogens (tertiary/aromatic N) is 3. The van der Waals surface area contributed by atoms with Gasteiger partial charge in [0.25, 0.3) is 5.91 Å². The molecule has 0 saturated carbocycles. The van der Waals surface area contributed by atoms with Crippen molar-refractivity contribution in [3.63, 3.8) is 0 Å². The standard InChI is InChI=1S/C22H22BrN3O4/c1-28-17-4-3-5-18(29-2)19(17)22(27)26-12-10-15(11-13-26)21-24-20(25-30-21)14-6-8-16(23)9-7-14/h3-9,15H,10-13H2,1-2H3. The normalized spacial score (nSPS) is 14.6. The second-order valence-corrected chi connectivity index (χ2v) is 7.98. The van der Waals surface area contributed by atoms with Crippen molar-refractivity contribution in [3.05, 3.63) is 58.4 Å². The quantitative estimate of drug-likeness (QED) is 0.543. The summed E-state index contributed by atoms with van der Waals surface area (Å²) in [5.74, 6) is 2.26. The van der Waals surface area contributed by atoms with E-state index in [-0.39, 0.29) is 11.8 Å². The van der Waals surface area contributed by atoms with Crippen LogP contribution >= 0.6 is 15.9 Å². The van der Waals surface area contributed by atoms with Gasteiger partial charge in [0.15, 0.2) is 0 Å². The minimum Gasteiger partial charge on any atom is -0.496 e. The molecule has 1 aliphatic rings. The number of ether oxygens (including phenoxy) is 2. The van der Waals surface area contributed by atoms with E-state index in [1.807, 2.05) is 29.2 Å². The highest BCUT2D eigenvalue weighted by Gasteiger charge is 2.30. The molecule has 0 N–H and O–H groups in total. The molecule has 2 aromatic carbocycles. The van der Waals surface area contributed by atoms with Crippen LogP contribution in [-0.2, 0) is 0 Å². The van der Waals surface area contributed by atoms with Crippen LogP contribution in [0.1, 0.15) is 35.0 Å². The zero-order chi connectivity index (χ0) is 21.1. The summed E-state index contributed by atoms with van der Waals surface area (Å²) in [6.45, 7) is 1.20. The van der Waals surface area contributed by atoms with E-state index in [1.165, 1.54) is 0 Å². The van der Waals surface area contributed by atoms with Crippen LogP contribution in [0.4, 0.5) is 0 Å². The van der Waals surface area contributed by atoms with Gasteiger partial charge >= 0.3 is 0 Å². The van der Waals surface area contributed by atoms with Crippen molar-refractivity contribution in [2.45, 2.75) is 18.8 Å². The number of rotatable bonds is 5. The third-order valence-electron chi connectivity index (χ3n) is 5.32. The topological polar surface area (TPSA) is 77.7 Å². The summed E-state index contributed by atoms with van der Waals surface area (Å²) in [4.78, 5) is 19.5. The molecule has 1 aliphatic heterocycles. The predicted octanol–water partition coefficient (Wildman–Crippen LogP) is 4.54. The van der Waals surface area contributed by atoms with Crippen LogP contribution < -0.4 is 9.47 Å². The Hall–Kier alpha value is -2.87. The molecule has 0 radical (unpaired) electrons. The largest absolute Gasteiger partial charge is 0.496 e. The molecule has 0 aliphatic carbocycles. The molecule has 0 spiro atoms. The van der Waals surface area contributed by atoms with Crippen molar-refractivity contribution in [3.8, 4) is 22.9 Å². The number of aromatic nitrogens is 2. The number of carbonyl (C=O) groups is 1. The van der Waals surface area contributed by atoms with E-state index in [2.05, 4.69) is 26.1 Å². The van der Waals surface area contributed by atoms with E-state index in [4.69, 9.17) is 14.0 Å². The molecule has 3 aromatic rings. The van der Waals surface area contributed by atoms with Gasteiger partial charge in [-0.15, -0.1) is 0 Å². The smallest absolute Gasteiger partial charge is 0.261 e. The summed E-state index contributed by atoms with van der Waals surface area (Å²) in [6.07, 6.45) is 1.51. The van der Waals surface area contributed by atoms with E-state index in [9.17, 15) is 4.79 Å². The molecule has 1 aromatic heterocycles. The molecule has 8 heteroatoms. The number of piperidine rings is 1. The van der Waals surface area contributed by atoms with Gasteiger partial charge < -0.3 is 18.9 Å². The van der Waals surface area contributed by atoms with Gasteiger partial charge in [-0.25, -0.2) is 0 Å². The Balaban J connectivity index is 1.45. The van der Waals surface area contributed by atoms with Crippen molar-refractivity contribution < 1.29 is 18.8 Å². The average molecular weight is 472 g/mol. The van der Waals surface area contributed by atoms with Gasteiger partial charge in [0.05, 0.1) is 14.2 Å². The highest BCUT2D eigenvalue weighted by molar-refractivity contribution is 9.10. The molecular formula is C22H22BrN3O4. The van der Waals surface area contributed by atoms with E-state index < -0.39 is 0 Å². The number of halogens is 1. The number of likely N-dealkylation sites (tertiary alicyclic amines) is 1. The number of carbonyl (C=O) groups excluding carboxylic acids is 1. The summed E-state index contributed by atoms with van der Waals surface area (Å²) in [7, 11) is 3.10. The highest BCUT2D eigenvalue weighted by atomic mass is 79.9. The van der Waals surface area contributed by atoms with Crippen LogP contribution in [0.3, 0.4) is 0 Å². The summed E-state index contributed by atoms with van der Waals surface area (Å²) in [5.41, 5.74) is 1.36. The molecule has 30 heavy (non-hydrogen) atoms. The maximum atomic E-state index is 13.1. The molecule has 0 atom stereocenters. The van der Waals surface area contributed by atoms with Crippen molar-refractivity contribution in [1.82, 2.24) is 15.0 Å². The van der Waals surface area contributed by atoms with Crippen molar-refractivity contribution in [1.29, 1.82) is 0 Å². The monoisotopic (exact) mass is 471 g/mol. The lowest BCUT2D eigenvalue weighted by molar-refractivity contribution is 0.0697. The molecular weight excluding hydrogens is 450 g/mol. The van der Waals surface area contributed by atoms with Crippen LogP contribution in [-0.4, -0.2) is 48.3 Å². The first kappa shape index (κ1) is 20.4. The van der Waals surface area contributed by atoms with Crippen LogP contribution in [0.5, 0.6) is 11.5 Å². The third-order valence-corrected chi connectivity index (χ3v) is 5.85. The Bertz CT molecular complexity index is 1000. The lowest BCUT2D eigenvalue weighted by Crippen LogP contribution is -2.38. The number of hydrogen-bond donors (Lipinski definition) is 0. The summed E-state index contributed by atoms with van der Waals surface area (Å²) in [6, 6.07) is 13.1. The highest BCUT2D eigenvalue weighted by Crippen LogP contribution is 2.33.